The van der Waals surface area contributed by atoms with Crippen LogP contribution in [0.4, 0.5) is 0 Å². The van der Waals surface area contributed by atoms with Crippen LogP contribution in [0, 0.1) is 0 Å². The molecule has 1 fully saturated rings. The lowest BCUT2D eigenvalue weighted by Crippen LogP contribution is -2.48. The predicted molar refractivity (Wildman–Crippen MR) is 38.0 cm³/mol. The molecule has 0 spiro atoms. The molecule has 0 aliphatic carbocycles. The second kappa shape index (κ2) is 3.49. The smallest absolute Gasteiger partial charge is 0.185 e. The fraction of sp³-hybridized carbons (Fsp3) is 1.00. The summed E-state index contributed by atoms with van der Waals surface area (Å²) in [5, 5.41) is 18.5. The van der Waals surface area contributed by atoms with Gasteiger partial charge in [-0.1, -0.05) is 0 Å². The van der Waals surface area contributed by atoms with E-state index in [4.69, 9.17) is 9.47 Å². The molecule has 0 radical (unpaired) electrons. The molecule has 4 atom stereocenters. The lowest BCUT2D eigenvalue weighted by molar-refractivity contribution is -0.254. The lowest BCUT2D eigenvalue weighted by atomic mass is 10.0. The number of rotatable bonds is 1. The van der Waals surface area contributed by atoms with Crippen molar-refractivity contribution in [3.8, 4) is 0 Å². The number of methoxy groups -OCH3 is 1. The molecular formula is C7H14O4. The lowest BCUT2D eigenvalue weighted by Gasteiger charge is -2.34. The number of hydrogen-bond acceptors (Lipinski definition) is 4. The fourth-order valence-electron chi connectivity index (χ4n) is 1.22. The zero-order valence-corrected chi connectivity index (χ0v) is 6.73. The minimum Gasteiger partial charge on any atom is -0.390 e. The molecule has 0 bridgehead atoms. The predicted octanol–water partition coefficient (Wildman–Crippen LogP) is -0.510. The van der Waals surface area contributed by atoms with Crippen molar-refractivity contribution in [2.45, 2.75) is 37.9 Å². The Morgan fingerprint density at radius 2 is 2.09 bits per heavy atom. The van der Waals surface area contributed by atoms with Gasteiger partial charge in [-0.3, -0.25) is 0 Å². The topological polar surface area (TPSA) is 58.9 Å². The number of aliphatic hydroxyl groups is 2. The third-order valence-electron chi connectivity index (χ3n) is 1.85. The molecule has 1 aliphatic heterocycles. The third-order valence-corrected chi connectivity index (χ3v) is 1.85. The number of hydrogen-bond donors (Lipinski definition) is 2. The molecule has 0 aromatic rings. The highest BCUT2D eigenvalue weighted by Gasteiger charge is 2.34. The Hall–Kier alpha value is -0.160. The number of aliphatic hydroxyl groups excluding tert-OH is 2. The first-order chi connectivity index (χ1) is 5.15. The van der Waals surface area contributed by atoms with Crippen molar-refractivity contribution < 1.29 is 19.7 Å². The van der Waals surface area contributed by atoms with Crippen molar-refractivity contribution in [1.29, 1.82) is 0 Å². The van der Waals surface area contributed by atoms with Crippen LogP contribution in [-0.2, 0) is 9.47 Å². The van der Waals surface area contributed by atoms with Crippen LogP contribution in [0.1, 0.15) is 13.3 Å². The normalized spacial score (nSPS) is 45.8. The van der Waals surface area contributed by atoms with Crippen molar-refractivity contribution in [2.75, 3.05) is 7.11 Å². The van der Waals surface area contributed by atoms with Crippen LogP contribution in [0.15, 0.2) is 0 Å². The Balaban J connectivity index is 2.51. The van der Waals surface area contributed by atoms with E-state index in [1.807, 2.05) is 6.92 Å². The van der Waals surface area contributed by atoms with E-state index in [0.717, 1.165) is 0 Å². The Bertz CT molecular complexity index is 128. The van der Waals surface area contributed by atoms with E-state index in [9.17, 15) is 10.2 Å². The summed E-state index contributed by atoms with van der Waals surface area (Å²) in [5.41, 5.74) is 0. The third kappa shape index (κ3) is 1.90. The minimum atomic E-state index is -0.920. The summed E-state index contributed by atoms with van der Waals surface area (Å²) in [4.78, 5) is 0. The summed E-state index contributed by atoms with van der Waals surface area (Å²) >= 11 is 0. The molecule has 66 valence electrons. The molecule has 1 aliphatic rings. The van der Waals surface area contributed by atoms with Crippen LogP contribution in [0.3, 0.4) is 0 Å². The Labute approximate surface area is 65.7 Å². The maximum absolute atomic E-state index is 9.26. The molecule has 0 saturated carbocycles. The molecule has 1 saturated heterocycles. The van der Waals surface area contributed by atoms with Crippen molar-refractivity contribution in [2.24, 2.45) is 0 Å². The van der Waals surface area contributed by atoms with Crippen molar-refractivity contribution in [1.82, 2.24) is 0 Å². The Morgan fingerprint density at radius 1 is 1.45 bits per heavy atom. The van der Waals surface area contributed by atoms with Gasteiger partial charge in [0.05, 0.1) is 12.2 Å². The Morgan fingerprint density at radius 3 is 2.64 bits per heavy atom. The SMILES string of the molecule is CO[C@H]1O[C@H](C)C[C@@H](O)[C@@H]1O. The molecule has 4 nitrogen and oxygen atoms in total. The van der Waals surface area contributed by atoms with E-state index < -0.39 is 18.5 Å². The van der Waals surface area contributed by atoms with Gasteiger partial charge >= 0.3 is 0 Å². The number of ether oxygens (including phenoxy) is 2. The molecule has 1 rings (SSSR count). The summed E-state index contributed by atoms with van der Waals surface area (Å²) in [5.74, 6) is 0. The van der Waals surface area contributed by atoms with Gasteiger partial charge in [0.2, 0.25) is 0 Å². The van der Waals surface area contributed by atoms with Crippen LogP contribution in [-0.4, -0.2) is 41.9 Å². The molecule has 2 N–H and O–H groups in total. The summed E-state index contributed by atoms with van der Waals surface area (Å²) in [6, 6.07) is 0. The molecule has 4 heteroatoms. The summed E-state index contributed by atoms with van der Waals surface area (Å²) < 4.78 is 10.00. The summed E-state index contributed by atoms with van der Waals surface area (Å²) in [6.45, 7) is 1.83. The second-order valence-corrected chi connectivity index (χ2v) is 2.84. The monoisotopic (exact) mass is 162 g/mol. The zero-order chi connectivity index (χ0) is 8.43. The molecule has 11 heavy (non-hydrogen) atoms. The molecule has 0 aromatic carbocycles. The van der Waals surface area contributed by atoms with Crippen LogP contribution in [0.5, 0.6) is 0 Å². The zero-order valence-electron chi connectivity index (χ0n) is 6.73. The van der Waals surface area contributed by atoms with E-state index in [-0.39, 0.29) is 6.10 Å². The van der Waals surface area contributed by atoms with Crippen LogP contribution in [0.25, 0.3) is 0 Å². The Kier molecular flexibility index (Phi) is 2.84. The first kappa shape index (κ1) is 8.93. The first-order valence-corrected chi connectivity index (χ1v) is 3.69. The van der Waals surface area contributed by atoms with Crippen molar-refractivity contribution in [3.63, 3.8) is 0 Å². The van der Waals surface area contributed by atoms with E-state index in [2.05, 4.69) is 0 Å². The van der Waals surface area contributed by atoms with E-state index in [1.54, 1.807) is 0 Å². The fourth-order valence-corrected chi connectivity index (χ4v) is 1.22. The van der Waals surface area contributed by atoms with Gasteiger partial charge < -0.3 is 19.7 Å². The summed E-state index contributed by atoms with van der Waals surface area (Å²) in [7, 11) is 1.44. The van der Waals surface area contributed by atoms with E-state index in [0.29, 0.717) is 6.42 Å². The highest BCUT2D eigenvalue weighted by Crippen LogP contribution is 2.19. The minimum absolute atomic E-state index is 0.0571. The van der Waals surface area contributed by atoms with Gasteiger partial charge in [0, 0.05) is 13.5 Å². The highest BCUT2D eigenvalue weighted by molar-refractivity contribution is 4.78. The van der Waals surface area contributed by atoms with Gasteiger partial charge in [-0.15, -0.1) is 0 Å². The van der Waals surface area contributed by atoms with Gasteiger partial charge in [-0.2, -0.15) is 0 Å². The maximum atomic E-state index is 9.26. The molecule has 0 amide bonds. The standard InChI is InChI=1S/C7H14O4/c1-4-3-5(8)6(9)7(10-2)11-4/h4-9H,3H2,1-2H3/t4-,5-,6+,7+/m1/s1. The van der Waals surface area contributed by atoms with Gasteiger partial charge in [-0.05, 0) is 6.92 Å². The highest BCUT2D eigenvalue weighted by atomic mass is 16.7. The summed E-state index contributed by atoms with van der Waals surface area (Å²) in [6.07, 6.45) is -1.94. The average molecular weight is 162 g/mol. The van der Waals surface area contributed by atoms with Gasteiger partial charge in [0.15, 0.2) is 6.29 Å². The largest absolute Gasteiger partial charge is 0.390 e. The maximum Gasteiger partial charge on any atom is 0.185 e. The van der Waals surface area contributed by atoms with Gasteiger partial charge in [0.1, 0.15) is 6.10 Å². The quantitative estimate of drug-likeness (QED) is 0.545. The van der Waals surface area contributed by atoms with Gasteiger partial charge in [0.25, 0.3) is 0 Å². The van der Waals surface area contributed by atoms with Crippen LogP contribution in [0.2, 0.25) is 0 Å². The van der Waals surface area contributed by atoms with Crippen LogP contribution < -0.4 is 0 Å². The molecule has 1 heterocycles. The van der Waals surface area contributed by atoms with Gasteiger partial charge in [-0.25, -0.2) is 0 Å². The van der Waals surface area contributed by atoms with Crippen LogP contribution >= 0.6 is 0 Å². The molecular weight excluding hydrogens is 148 g/mol. The van der Waals surface area contributed by atoms with Crippen molar-refractivity contribution >= 4 is 0 Å². The average Bonchev–Trinajstić information content (AvgIpc) is 1.96. The first-order valence-electron chi connectivity index (χ1n) is 3.69. The molecule has 0 aromatic heterocycles. The van der Waals surface area contributed by atoms with E-state index in [1.165, 1.54) is 7.11 Å². The second-order valence-electron chi connectivity index (χ2n) is 2.84. The van der Waals surface area contributed by atoms with E-state index >= 15 is 0 Å². The molecule has 0 unspecified atom stereocenters. The van der Waals surface area contributed by atoms with Crippen molar-refractivity contribution in [3.05, 3.63) is 0 Å².